The highest BCUT2D eigenvalue weighted by Crippen LogP contribution is 2.32. The smallest absolute Gasteiger partial charge is 0.316 e. The predicted molar refractivity (Wildman–Crippen MR) is 127 cm³/mol. The highest BCUT2D eigenvalue weighted by atomic mass is 35.5. The van der Waals surface area contributed by atoms with Crippen molar-refractivity contribution in [3.05, 3.63) is 64.4 Å². The summed E-state index contributed by atoms with van der Waals surface area (Å²) in [4.78, 5) is 28.5. The topological polar surface area (TPSA) is 97.1 Å². The maximum Gasteiger partial charge on any atom is 0.316 e. The van der Waals surface area contributed by atoms with E-state index in [1.54, 1.807) is 29.2 Å². The van der Waals surface area contributed by atoms with Gasteiger partial charge in [-0.1, -0.05) is 23.7 Å². The number of rotatable bonds is 6. The number of hydrogen-bond donors (Lipinski definition) is 2. The summed E-state index contributed by atoms with van der Waals surface area (Å²) in [5, 5.41) is 2.82. The number of carbonyl (C=O) groups is 2. The zero-order valence-electron chi connectivity index (χ0n) is 18.7. The Labute approximate surface area is 202 Å². The Morgan fingerprint density at radius 3 is 2.53 bits per heavy atom. The number of nitrogens with two attached hydrogens (primary N) is 1. The van der Waals surface area contributed by atoms with E-state index in [-0.39, 0.29) is 23.8 Å². The molecular formula is C24H26ClFN4O4. The maximum absolute atomic E-state index is 13.3. The lowest BCUT2D eigenvalue weighted by Crippen LogP contribution is -2.64. The third-order valence-electron chi connectivity index (χ3n) is 6.00. The number of halogens is 2. The third-order valence-corrected chi connectivity index (χ3v) is 6.29. The highest BCUT2D eigenvalue weighted by Gasteiger charge is 2.39. The van der Waals surface area contributed by atoms with Crippen molar-refractivity contribution in [2.24, 2.45) is 5.73 Å². The van der Waals surface area contributed by atoms with Gasteiger partial charge in [0.2, 0.25) is 5.91 Å². The van der Waals surface area contributed by atoms with Crippen LogP contribution in [0.3, 0.4) is 0 Å². The molecule has 2 bridgehead atoms. The number of ether oxygens (including phenoxy) is 2. The second-order valence-corrected chi connectivity index (χ2v) is 8.69. The molecule has 3 amide bonds. The molecule has 3 N–H and O–H groups in total. The van der Waals surface area contributed by atoms with E-state index in [4.69, 9.17) is 26.8 Å². The molecule has 2 saturated heterocycles. The summed E-state index contributed by atoms with van der Waals surface area (Å²) >= 11 is 6.15. The van der Waals surface area contributed by atoms with E-state index in [2.05, 4.69) is 10.2 Å². The molecule has 0 aromatic heterocycles. The first-order valence-electron chi connectivity index (χ1n) is 10.8. The Bertz CT molecular complexity index is 1080. The van der Waals surface area contributed by atoms with Gasteiger partial charge in [0.05, 0.1) is 43.1 Å². The first kappa shape index (κ1) is 24.0. The molecule has 8 nitrogen and oxygen atoms in total. The van der Waals surface area contributed by atoms with Crippen LogP contribution in [0.2, 0.25) is 5.02 Å². The second-order valence-electron chi connectivity index (χ2n) is 8.28. The van der Waals surface area contributed by atoms with Crippen LogP contribution in [0.15, 0.2) is 42.5 Å². The van der Waals surface area contributed by atoms with E-state index < -0.39 is 6.03 Å². The zero-order valence-corrected chi connectivity index (χ0v) is 19.4. The number of methoxy groups -OCH3 is 1. The number of carbonyl (C=O) groups excluding carboxylic acids is 2. The van der Waals surface area contributed by atoms with E-state index in [1.807, 2.05) is 0 Å². The van der Waals surface area contributed by atoms with Crippen LogP contribution in [0.5, 0.6) is 5.75 Å². The molecule has 10 heteroatoms. The fourth-order valence-electron chi connectivity index (χ4n) is 4.34. The largest absolute Gasteiger partial charge is 0.495 e. The quantitative estimate of drug-likeness (QED) is 0.609. The van der Waals surface area contributed by atoms with Crippen molar-refractivity contribution in [1.29, 1.82) is 0 Å². The van der Waals surface area contributed by atoms with Gasteiger partial charge in [0.1, 0.15) is 11.6 Å². The van der Waals surface area contributed by atoms with Gasteiger partial charge >= 0.3 is 6.03 Å². The molecule has 2 aliphatic rings. The fourth-order valence-corrected chi connectivity index (χ4v) is 4.58. The zero-order chi connectivity index (χ0) is 24.2. The summed E-state index contributed by atoms with van der Waals surface area (Å²) in [5.74, 6) is -0.0101. The minimum absolute atomic E-state index is 0.0395. The van der Waals surface area contributed by atoms with Crippen molar-refractivity contribution in [1.82, 2.24) is 9.80 Å². The van der Waals surface area contributed by atoms with Crippen LogP contribution in [-0.2, 0) is 16.1 Å². The Hall–Kier alpha value is -3.14. The highest BCUT2D eigenvalue weighted by molar-refractivity contribution is 6.32. The molecule has 2 aliphatic heterocycles. The van der Waals surface area contributed by atoms with Crippen molar-refractivity contribution < 1.29 is 23.5 Å². The van der Waals surface area contributed by atoms with E-state index >= 15 is 0 Å². The van der Waals surface area contributed by atoms with Gasteiger partial charge < -0.3 is 25.4 Å². The number of benzene rings is 2. The van der Waals surface area contributed by atoms with Gasteiger partial charge in [0, 0.05) is 31.3 Å². The van der Waals surface area contributed by atoms with Crippen LogP contribution in [0.4, 0.5) is 14.9 Å². The van der Waals surface area contributed by atoms with Crippen molar-refractivity contribution in [3.8, 4) is 5.75 Å². The summed E-state index contributed by atoms with van der Waals surface area (Å²) in [6.45, 7) is 2.73. The van der Waals surface area contributed by atoms with Gasteiger partial charge in [0.15, 0.2) is 0 Å². The SMILES string of the molecule is COc1cc(C=CC(=O)N2CC3COCC(C2)N3Cc2ccc(F)cc2)c(NC(N)=O)cc1Cl. The Morgan fingerprint density at radius 2 is 1.91 bits per heavy atom. The normalized spacial score (nSPS) is 20.4. The first-order chi connectivity index (χ1) is 16.3. The van der Waals surface area contributed by atoms with Crippen LogP contribution in [0, 0.1) is 5.82 Å². The standard InChI is InChI=1S/C24H26ClFN4O4/c1-33-22-8-16(21(9-20(22)25)28-24(27)32)4-7-23(31)29-11-18-13-34-14-19(12-29)30(18)10-15-2-5-17(26)6-3-15/h2-9,18-19H,10-14H2,1H3,(H3,27,28,32). The molecular weight excluding hydrogens is 463 g/mol. The van der Waals surface area contributed by atoms with E-state index in [0.717, 1.165) is 5.56 Å². The number of nitrogens with one attached hydrogen (secondary N) is 1. The summed E-state index contributed by atoms with van der Waals surface area (Å²) < 4.78 is 24.2. The van der Waals surface area contributed by atoms with Gasteiger partial charge in [-0.3, -0.25) is 9.69 Å². The molecule has 2 fully saturated rings. The number of amides is 3. The average Bonchev–Trinajstić information content (AvgIpc) is 2.79. The predicted octanol–water partition coefficient (Wildman–Crippen LogP) is 3.10. The lowest BCUT2D eigenvalue weighted by Gasteiger charge is -2.49. The van der Waals surface area contributed by atoms with Crippen molar-refractivity contribution >= 4 is 35.3 Å². The van der Waals surface area contributed by atoms with E-state index in [0.29, 0.717) is 54.9 Å². The van der Waals surface area contributed by atoms with Gasteiger partial charge in [-0.15, -0.1) is 0 Å². The Morgan fingerprint density at radius 1 is 1.24 bits per heavy atom. The monoisotopic (exact) mass is 488 g/mol. The van der Waals surface area contributed by atoms with Gasteiger partial charge in [0.25, 0.3) is 0 Å². The van der Waals surface area contributed by atoms with Crippen LogP contribution in [0.1, 0.15) is 11.1 Å². The van der Waals surface area contributed by atoms with Crippen molar-refractivity contribution in [2.45, 2.75) is 18.6 Å². The Kier molecular flexibility index (Phi) is 7.35. The van der Waals surface area contributed by atoms with Crippen LogP contribution in [-0.4, -0.2) is 67.2 Å². The molecule has 0 radical (unpaired) electrons. The van der Waals surface area contributed by atoms with Gasteiger partial charge in [-0.05, 0) is 35.9 Å². The summed E-state index contributed by atoms with van der Waals surface area (Å²) in [6, 6.07) is 8.96. The Balaban J connectivity index is 1.47. The molecule has 2 aromatic rings. The summed E-state index contributed by atoms with van der Waals surface area (Å²) in [7, 11) is 1.48. The number of anilines is 1. The summed E-state index contributed by atoms with van der Waals surface area (Å²) in [5.41, 5.74) is 7.18. The molecule has 0 saturated carbocycles. The first-order valence-corrected chi connectivity index (χ1v) is 11.2. The van der Waals surface area contributed by atoms with Crippen LogP contribution in [0.25, 0.3) is 6.08 Å². The lowest BCUT2D eigenvalue weighted by atomic mass is 10.0. The minimum Gasteiger partial charge on any atom is -0.495 e. The molecule has 180 valence electrons. The molecule has 2 atom stereocenters. The molecule has 34 heavy (non-hydrogen) atoms. The number of piperazine rings is 1. The molecule has 0 aliphatic carbocycles. The number of urea groups is 1. The summed E-state index contributed by atoms with van der Waals surface area (Å²) in [6.07, 6.45) is 3.06. The van der Waals surface area contributed by atoms with E-state index in [1.165, 1.54) is 31.4 Å². The lowest BCUT2D eigenvalue weighted by molar-refractivity contribution is -0.141. The van der Waals surface area contributed by atoms with Crippen LogP contribution >= 0.6 is 11.6 Å². The van der Waals surface area contributed by atoms with E-state index in [9.17, 15) is 14.0 Å². The minimum atomic E-state index is -0.743. The molecule has 2 unspecified atom stereocenters. The maximum atomic E-state index is 13.3. The number of morpholine rings is 1. The molecule has 2 heterocycles. The van der Waals surface area contributed by atoms with Crippen molar-refractivity contribution in [2.75, 3.05) is 38.7 Å². The molecule has 2 aromatic carbocycles. The average molecular weight is 489 g/mol. The van der Waals surface area contributed by atoms with Crippen LogP contribution < -0.4 is 15.8 Å². The number of fused-ring (bicyclic) bond motifs is 2. The molecule has 4 rings (SSSR count). The van der Waals surface area contributed by atoms with Gasteiger partial charge in [-0.2, -0.15) is 0 Å². The van der Waals surface area contributed by atoms with Crippen molar-refractivity contribution in [3.63, 3.8) is 0 Å². The number of hydrogen-bond acceptors (Lipinski definition) is 5. The number of nitrogens with zero attached hydrogens (tertiary/aromatic N) is 2. The third kappa shape index (κ3) is 5.49. The molecule has 0 spiro atoms. The van der Waals surface area contributed by atoms with Gasteiger partial charge in [-0.25, -0.2) is 9.18 Å². The number of primary amides is 1. The fraction of sp³-hybridized carbons (Fsp3) is 0.333. The second kappa shape index (κ2) is 10.4.